The third kappa shape index (κ3) is 6.56. The molecule has 3 aliphatic rings. The molecule has 1 unspecified atom stereocenters. The second-order valence-corrected chi connectivity index (χ2v) is 13.8. The lowest BCUT2D eigenvalue weighted by Gasteiger charge is -2.36. The Morgan fingerprint density at radius 2 is 1.49 bits per heavy atom. The highest BCUT2D eigenvalue weighted by Gasteiger charge is 2.45. The minimum atomic E-state index is -1.02. The fraction of sp³-hybridized carbons (Fsp3) is 0.289. The van der Waals surface area contributed by atoms with Crippen molar-refractivity contribution < 1.29 is 33.2 Å². The molecule has 1 saturated heterocycles. The SMILES string of the molecule is Cc1nc(-c2ncc(Oc3ccc(C(C)(C)c4ccc(O[C@H]5C[C@H](Nc6cc7c(cn6)C(=O)N(C6CCC(=O)NC6=O)C7=O)C5)cc4)cc3)cn2)no1. The van der Waals surface area contributed by atoms with Crippen molar-refractivity contribution in [3.8, 4) is 28.9 Å². The van der Waals surface area contributed by atoms with Crippen LogP contribution in [0.15, 0.2) is 77.7 Å². The Morgan fingerprint density at radius 3 is 2.13 bits per heavy atom. The number of anilines is 1. The standard InChI is InChI=1S/C38H34N8O7/c1-20-42-34(45-53-20)33-40-17-27(18-41-33)52-25-10-6-22(7-11-25)38(2,3)21-4-8-24(9-5-21)51-26-14-23(15-26)43-31-16-28-29(19-39-31)37(50)46(36(28)49)30-12-13-32(47)44-35(30)48/h4-11,16-19,23,26,30H,12-15H2,1-3H3,(H,39,43)(H,44,47,48)/t23-,26-,30?. The van der Waals surface area contributed by atoms with E-state index in [1.807, 2.05) is 36.4 Å². The predicted octanol–water partition coefficient (Wildman–Crippen LogP) is 4.77. The molecule has 2 N–H and O–H groups in total. The van der Waals surface area contributed by atoms with Crippen LogP contribution in [0.3, 0.4) is 0 Å². The van der Waals surface area contributed by atoms with Crippen molar-refractivity contribution in [2.24, 2.45) is 0 Å². The summed E-state index contributed by atoms with van der Waals surface area (Å²) in [6.07, 6.45) is 6.11. The Morgan fingerprint density at radius 1 is 0.830 bits per heavy atom. The summed E-state index contributed by atoms with van der Waals surface area (Å²) in [6, 6.07) is 16.6. The smallest absolute Gasteiger partial charge is 0.263 e. The molecule has 0 bridgehead atoms. The third-order valence-electron chi connectivity index (χ3n) is 9.82. The van der Waals surface area contributed by atoms with E-state index in [0.29, 0.717) is 34.9 Å². The van der Waals surface area contributed by atoms with Crippen LogP contribution < -0.4 is 20.1 Å². The Hall–Kier alpha value is -6.51. The van der Waals surface area contributed by atoms with Crippen LogP contribution in [0.25, 0.3) is 11.6 Å². The molecule has 1 aliphatic carbocycles. The van der Waals surface area contributed by atoms with Crippen molar-refractivity contribution in [2.45, 2.75) is 70.1 Å². The van der Waals surface area contributed by atoms with Gasteiger partial charge in [0.15, 0.2) is 5.75 Å². The number of pyridine rings is 1. The third-order valence-corrected chi connectivity index (χ3v) is 9.82. The molecule has 15 heteroatoms. The van der Waals surface area contributed by atoms with E-state index in [9.17, 15) is 19.2 Å². The van der Waals surface area contributed by atoms with E-state index in [1.54, 1.807) is 25.4 Å². The van der Waals surface area contributed by atoms with E-state index in [4.69, 9.17) is 14.0 Å². The lowest BCUT2D eigenvalue weighted by molar-refractivity contribution is -0.136. The maximum absolute atomic E-state index is 13.1. The molecule has 1 atom stereocenters. The van der Waals surface area contributed by atoms with Crippen molar-refractivity contribution in [3.05, 3.63) is 101 Å². The molecular formula is C38H34N8O7. The molecule has 53 heavy (non-hydrogen) atoms. The average molecular weight is 715 g/mol. The Balaban J connectivity index is 0.829. The van der Waals surface area contributed by atoms with Crippen LogP contribution in [0.5, 0.6) is 17.2 Å². The summed E-state index contributed by atoms with van der Waals surface area (Å²) < 4.78 is 17.2. The number of nitrogens with zero attached hydrogens (tertiary/aromatic N) is 6. The first-order valence-corrected chi connectivity index (χ1v) is 17.2. The number of imide groups is 2. The molecular weight excluding hydrogens is 680 g/mol. The van der Waals surface area contributed by atoms with E-state index in [2.05, 4.69) is 61.7 Å². The first-order chi connectivity index (χ1) is 25.5. The molecule has 1 saturated carbocycles. The van der Waals surface area contributed by atoms with Crippen LogP contribution in [-0.2, 0) is 15.0 Å². The van der Waals surface area contributed by atoms with Crippen LogP contribution in [0.4, 0.5) is 5.82 Å². The molecule has 0 radical (unpaired) electrons. The molecule has 0 spiro atoms. The van der Waals surface area contributed by atoms with Crippen molar-refractivity contribution in [2.75, 3.05) is 5.32 Å². The fourth-order valence-electron chi connectivity index (χ4n) is 6.69. The Kier molecular flexibility index (Phi) is 8.39. The van der Waals surface area contributed by atoms with Crippen molar-refractivity contribution in [1.82, 2.24) is 35.3 Å². The molecule has 5 aromatic rings. The summed E-state index contributed by atoms with van der Waals surface area (Å²) in [5.41, 5.74) is 2.28. The molecule has 5 heterocycles. The monoisotopic (exact) mass is 714 g/mol. The fourth-order valence-corrected chi connectivity index (χ4v) is 6.69. The van der Waals surface area contributed by atoms with Gasteiger partial charge >= 0.3 is 0 Å². The molecule has 3 aromatic heterocycles. The normalized spacial score (nSPS) is 19.8. The minimum Gasteiger partial charge on any atom is -0.490 e. The number of carbonyl (C=O) groups excluding carboxylic acids is 4. The molecule has 8 rings (SSSR count). The number of carbonyl (C=O) groups is 4. The zero-order chi connectivity index (χ0) is 36.9. The van der Waals surface area contributed by atoms with Gasteiger partial charge in [-0.15, -0.1) is 0 Å². The number of hydrogen-bond acceptors (Lipinski definition) is 13. The molecule has 2 aliphatic heterocycles. The Labute approximate surface area is 303 Å². The van der Waals surface area contributed by atoms with Gasteiger partial charge in [0.1, 0.15) is 29.5 Å². The van der Waals surface area contributed by atoms with Gasteiger partial charge in [-0.2, -0.15) is 4.98 Å². The van der Waals surface area contributed by atoms with Gasteiger partial charge in [0.05, 0.1) is 23.5 Å². The van der Waals surface area contributed by atoms with E-state index < -0.39 is 29.7 Å². The molecule has 2 aromatic carbocycles. The average Bonchev–Trinajstić information content (AvgIpc) is 3.68. The minimum absolute atomic E-state index is 0.00402. The summed E-state index contributed by atoms with van der Waals surface area (Å²) >= 11 is 0. The molecule has 2 fully saturated rings. The highest BCUT2D eigenvalue weighted by Crippen LogP contribution is 2.36. The van der Waals surface area contributed by atoms with Crippen LogP contribution in [0.1, 0.15) is 77.3 Å². The lowest BCUT2D eigenvalue weighted by atomic mass is 9.78. The van der Waals surface area contributed by atoms with Crippen LogP contribution >= 0.6 is 0 Å². The van der Waals surface area contributed by atoms with Gasteiger partial charge in [-0.1, -0.05) is 43.3 Å². The molecule has 15 nitrogen and oxygen atoms in total. The van der Waals surface area contributed by atoms with E-state index in [-0.39, 0.29) is 41.5 Å². The number of nitrogens with one attached hydrogen (secondary N) is 2. The number of piperidine rings is 1. The summed E-state index contributed by atoms with van der Waals surface area (Å²) in [5.74, 6) is 1.27. The first-order valence-electron chi connectivity index (χ1n) is 17.2. The quantitative estimate of drug-likeness (QED) is 0.188. The second kappa shape index (κ2) is 13.2. The number of amides is 4. The number of fused-ring (bicyclic) bond motifs is 1. The zero-order valence-corrected chi connectivity index (χ0v) is 29.0. The lowest BCUT2D eigenvalue weighted by Crippen LogP contribution is -2.54. The van der Waals surface area contributed by atoms with Gasteiger partial charge in [0.25, 0.3) is 11.8 Å². The highest BCUT2D eigenvalue weighted by molar-refractivity contribution is 6.23. The summed E-state index contributed by atoms with van der Waals surface area (Å²) in [6.45, 7) is 6.03. The van der Waals surface area contributed by atoms with Crippen LogP contribution in [-0.4, -0.2) is 71.8 Å². The van der Waals surface area contributed by atoms with Crippen LogP contribution in [0.2, 0.25) is 0 Å². The van der Waals surface area contributed by atoms with E-state index in [1.165, 1.54) is 6.20 Å². The summed E-state index contributed by atoms with van der Waals surface area (Å²) in [5, 5.41) is 9.35. The van der Waals surface area contributed by atoms with Gasteiger partial charge in [-0.25, -0.2) is 15.0 Å². The topological polar surface area (TPSA) is 192 Å². The first kappa shape index (κ1) is 33.6. The van der Waals surface area contributed by atoms with Gasteiger partial charge in [-0.3, -0.25) is 29.4 Å². The van der Waals surface area contributed by atoms with Gasteiger partial charge < -0.3 is 19.3 Å². The summed E-state index contributed by atoms with van der Waals surface area (Å²) in [4.78, 5) is 67.9. The van der Waals surface area contributed by atoms with Crippen molar-refractivity contribution in [1.29, 1.82) is 0 Å². The summed E-state index contributed by atoms with van der Waals surface area (Å²) in [7, 11) is 0. The van der Waals surface area contributed by atoms with Gasteiger partial charge in [0.2, 0.25) is 29.4 Å². The number of aromatic nitrogens is 5. The second-order valence-electron chi connectivity index (χ2n) is 13.8. The number of ether oxygens (including phenoxy) is 2. The van der Waals surface area contributed by atoms with Gasteiger partial charge in [0, 0.05) is 43.8 Å². The number of benzene rings is 2. The number of aryl methyl sites for hydroxylation is 1. The van der Waals surface area contributed by atoms with Crippen molar-refractivity contribution in [3.63, 3.8) is 0 Å². The van der Waals surface area contributed by atoms with Crippen molar-refractivity contribution >= 4 is 29.4 Å². The Bertz CT molecular complexity index is 2230. The maximum Gasteiger partial charge on any atom is 0.263 e. The largest absolute Gasteiger partial charge is 0.490 e. The molecule has 268 valence electrons. The van der Waals surface area contributed by atoms with E-state index in [0.717, 1.165) is 34.6 Å². The zero-order valence-electron chi connectivity index (χ0n) is 29.0. The maximum atomic E-state index is 13.1. The number of rotatable bonds is 10. The predicted molar refractivity (Wildman–Crippen MR) is 187 cm³/mol. The van der Waals surface area contributed by atoms with Gasteiger partial charge in [-0.05, 0) is 47.9 Å². The number of hydrogen-bond donors (Lipinski definition) is 2. The van der Waals surface area contributed by atoms with Crippen LogP contribution in [0, 0.1) is 6.92 Å². The van der Waals surface area contributed by atoms with E-state index >= 15 is 0 Å². The highest BCUT2D eigenvalue weighted by atomic mass is 16.5. The molecule has 4 amide bonds.